The summed E-state index contributed by atoms with van der Waals surface area (Å²) >= 11 is 0. The number of hydrogen-bond acceptors (Lipinski definition) is 5. The molecule has 1 heterocycles. The van der Waals surface area contributed by atoms with Crippen LogP contribution in [0.1, 0.15) is 66.1 Å². The molecule has 9 nitrogen and oxygen atoms in total. The van der Waals surface area contributed by atoms with Crippen LogP contribution in [0.25, 0.3) is 11.1 Å². The molecule has 0 radical (unpaired) electrons. The van der Waals surface area contributed by atoms with Gasteiger partial charge in [-0.25, -0.2) is 9.59 Å². The molecule has 1 fully saturated rings. The van der Waals surface area contributed by atoms with Gasteiger partial charge >= 0.3 is 12.0 Å². The van der Waals surface area contributed by atoms with Crippen LogP contribution in [0.2, 0.25) is 0 Å². The Bertz CT molecular complexity index is 1520. The van der Waals surface area contributed by atoms with Crippen LogP contribution in [-0.4, -0.2) is 35.3 Å². The van der Waals surface area contributed by atoms with E-state index < -0.39 is 23.4 Å². The minimum absolute atomic E-state index is 0.145. The molecule has 3 aromatic carbocycles. The number of amides is 3. The number of rotatable bonds is 7. The van der Waals surface area contributed by atoms with E-state index in [1.165, 1.54) is 0 Å². The van der Waals surface area contributed by atoms with E-state index in [1.54, 1.807) is 25.1 Å². The smallest absolute Gasteiger partial charge is 0.329 e. The fourth-order valence-electron chi connectivity index (χ4n) is 6.06. The summed E-state index contributed by atoms with van der Waals surface area (Å²) in [5.41, 5.74) is 4.11. The highest BCUT2D eigenvalue weighted by Gasteiger charge is 2.43. The third-order valence-corrected chi connectivity index (χ3v) is 8.37. The zero-order valence-corrected chi connectivity index (χ0v) is 24.4. The van der Waals surface area contributed by atoms with Crippen LogP contribution in [-0.2, 0) is 4.79 Å². The lowest BCUT2D eigenvalue weighted by atomic mass is 9.75. The Morgan fingerprint density at radius 3 is 2.17 bits per heavy atom. The second-order valence-corrected chi connectivity index (χ2v) is 11.5. The Hall–Kier alpha value is -4.53. The molecule has 0 unspecified atom stereocenters. The lowest BCUT2D eigenvalue weighted by Crippen LogP contribution is -2.57. The van der Waals surface area contributed by atoms with Crippen molar-refractivity contribution in [3.05, 3.63) is 70.8 Å². The van der Waals surface area contributed by atoms with Crippen LogP contribution in [0.4, 0.5) is 16.2 Å². The lowest BCUT2D eigenvalue weighted by Gasteiger charge is -2.37. The van der Waals surface area contributed by atoms with E-state index in [2.05, 4.69) is 16.0 Å². The van der Waals surface area contributed by atoms with Gasteiger partial charge in [-0.2, -0.15) is 0 Å². The Balaban J connectivity index is 1.48. The van der Waals surface area contributed by atoms with Crippen LogP contribution in [0.5, 0.6) is 11.5 Å². The molecular formula is C33H37N3O6. The molecule has 1 atom stereocenters. The quantitative estimate of drug-likeness (QED) is 0.247. The highest BCUT2D eigenvalue weighted by Crippen LogP contribution is 2.38. The van der Waals surface area contributed by atoms with Crippen molar-refractivity contribution in [2.45, 2.75) is 65.3 Å². The number of ether oxygens (including phenoxy) is 2. The van der Waals surface area contributed by atoms with Crippen molar-refractivity contribution in [3.63, 3.8) is 0 Å². The van der Waals surface area contributed by atoms with E-state index in [4.69, 9.17) is 9.47 Å². The van der Waals surface area contributed by atoms with Gasteiger partial charge in [0, 0.05) is 5.69 Å². The summed E-state index contributed by atoms with van der Waals surface area (Å²) in [5, 5.41) is 18.8. The zero-order chi connectivity index (χ0) is 30.0. The average molecular weight is 572 g/mol. The number of anilines is 2. The predicted molar refractivity (Wildman–Crippen MR) is 161 cm³/mol. The first-order valence-electron chi connectivity index (χ1n) is 14.3. The highest BCUT2D eigenvalue weighted by atomic mass is 16.7. The standard InChI is InChI=1S/C33H37N3O6/c1-19-14-20(2)29(21(3)15-19)35-32(40)34-26-16-22(23-11-13-27-28(17-23)42-18-41-27)10-12-25(26)30(37)36-33(4,31(38)39)24-8-6-5-7-9-24/h10-17,24H,5-9,18H2,1-4H3,(H,36,37)(H,38,39)(H2,34,35,40)/t33-/m0/s1. The van der Waals surface area contributed by atoms with Crippen molar-refractivity contribution >= 4 is 29.3 Å². The van der Waals surface area contributed by atoms with Crippen molar-refractivity contribution < 1.29 is 29.0 Å². The third kappa shape index (κ3) is 5.91. The Labute approximate surface area is 245 Å². The summed E-state index contributed by atoms with van der Waals surface area (Å²) in [4.78, 5) is 39.5. The van der Waals surface area contributed by atoms with E-state index >= 15 is 0 Å². The number of carboxylic acid groups (broad SMARTS) is 1. The topological polar surface area (TPSA) is 126 Å². The van der Waals surface area contributed by atoms with Gasteiger partial charge in [-0.1, -0.05) is 49.1 Å². The summed E-state index contributed by atoms with van der Waals surface area (Å²) in [5.74, 6) is -0.575. The second kappa shape index (κ2) is 11.8. The van der Waals surface area contributed by atoms with E-state index in [0.29, 0.717) is 17.2 Å². The van der Waals surface area contributed by atoms with E-state index in [0.717, 1.165) is 59.9 Å². The second-order valence-electron chi connectivity index (χ2n) is 11.5. The van der Waals surface area contributed by atoms with Gasteiger partial charge in [0.25, 0.3) is 5.91 Å². The van der Waals surface area contributed by atoms with Crippen molar-refractivity contribution in [2.24, 2.45) is 5.92 Å². The Morgan fingerprint density at radius 2 is 1.48 bits per heavy atom. The molecule has 9 heteroatoms. The summed E-state index contributed by atoms with van der Waals surface area (Å²) in [6, 6.07) is 14.1. The van der Waals surface area contributed by atoms with Crippen molar-refractivity contribution in [1.29, 1.82) is 0 Å². The molecular weight excluding hydrogens is 534 g/mol. The van der Waals surface area contributed by atoms with Gasteiger partial charge in [0.15, 0.2) is 11.5 Å². The number of carboxylic acids is 1. The minimum Gasteiger partial charge on any atom is -0.480 e. The molecule has 220 valence electrons. The first kappa shape index (κ1) is 29.0. The number of aryl methyl sites for hydroxylation is 3. The van der Waals surface area contributed by atoms with Gasteiger partial charge in [0.05, 0.1) is 11.3 Å². The van der Waals surface area contributed by atoms with Crippen LogP contribution >= 0.6 is 0 Å². The Morgan fingerprint density at radius 1 is 0.833 bits per heavy atom. The fourth-order valence-corrected chi connectivity index (χ4v) is 6.06. The number of carbonyl (C=O) groups excluding carboxylic acids is 2. The van der Waals surface area contributed by atoms with Gasteiger partial charge in [-0.15, -0.1) is 0 Å². The number of carbonyl (C=O) groups is 3. The molecule has 42 heavy (non-hydrogen) atoms. The molecule has 0 spiro atoms. The van der Waals surface area contributed by atoms with Crippen LogP contribution in [0.3, 0.4) is 0 Å². The fraction of sp³-hybridized carbons (Fsp3) is 0.364. The van der Waals surface area contributed by atoms with Crippen molar-refractivity contribution in [3.8, 4) is 22.6 Å². The number of nitrogens with one attached hydrogen (secondary N) is 3. The van der Waals surface area contributed by atoms with Crippen LogP contribution < -0.4 is 25.4 Å². The summed E-state index contributed by atoms with van der Waals surface area (Å²) < 4.78 is 11.0. The molecule has 5 rings (SSSR count). The molecule has 3 amide bonds. The molecule has 1 aliphatic carbocycles. The normalized spacial score (nSPS) is 15.9. The van der Waals surface area contributed by atoms with Gasteiger partial charge in [0.2, 0.25) is 6.79 Å². The van der Waals surface area contributed by atoms with Crippen LogP contribution in [0.15, 0.2) is 48.5 Å². The number of aliphatic carboxylic acids is 1. The molecule has 2 aliphatic rings. The number of benzene rings is 3. The van der Waals surface area contributed by atoms with Crippen molar-refractivity contribution in [1.82, 2.24) is 5.32 Å². The van der Waals surface area contributed by atoms with Crippen molar-refractivity contribution in [2.75, 3.05) is 17.4 Å². The van der Waals surface area contributed by atoms with Gasteiger partial charge < -0.3 is 30.5 Å². The van der Waals surface area contributed by atoms with Gasteiger partial charge in [0.1, 0.15) is 5.54 Å². The maximum Gasteiger partial charge on any atom is 0.329 e. The molecule has 1 saturated carbocycles. The summed E-state index contributed by atoms with van der Waals surface area (Å²) in [7, 11) is 0. The first-order valence-corrected chi connectivity index (χ1v) is 14.3. The maximum absolute atomic E-state index is 13.7. The molecule has 4 N–H and O–H groups in total. The minimum atomic E-state index is -1.44. The number of fused-ring (bicyclic) bond motifs is 1. The molecule has 1 aliphatic heterocycles. The largest absolute Gasteiger partial charge is 0.480 e. The number of hydrogen-bond donors (Lipinski definition) is 4. The Kier molecular flexibility index (Phi) is 8.11. The summed E-state index contributed by atoms with van der Waals surface area (Å²) in [6.45, 7) is 7.56. The molecule has 0 saturated heterocycles. The summed E-state index contributed by atoms with van der Waals surface area (Å²) in [6.07, 6.45) is 4.38. The lowest BCUT2D eigenvalue weighted by molar-refractivity contribution is -0.146. The van der Waals surface area contributed by atoms with E-state index in [-0.39, 0.29) is 24.0 Å². The monoisotopic (exact) mass is 571 g/mol. The van der Waals surface area contributed by atoms with Crippen LogP contribution in [0, 0.1) is 26.7 Å². The zero-order valence-electron chi connectivity index (χ0n) is 24.4. The van der Waals surface area contributed by atoms with E-state index in [1.807, 2.05) is 51.1 Å². The first-order chi connectivity index (χ1) is 20.0. The number of urea groups is 1. The molecule has 0 bridgehead atoms. The SMILES string of the molecule is Cc1cc(C)c(NC(=O)Nc2cc(-c3ccc4c(c3)OCO4)ccc2C(=O)N[C@](C)(C(=O)O)C2CCCCC2)c(C)c1. The molecule has 0 aromatic heterocycles. The van der Waals surface area contributed by atoms with E-state index in [9.17, 15) is 19.5 Å². The predicted octanol–water partition coefficient (Wildman–Crippen LogP) is 6.80. The maximum atomic E-state index is 13.7. The highest BCUT2D eigenvalue weighted by molar-refractivity contribution is 6.08. The van der Waals surface area contributed by atoms with Gasteiger partial charge in [-0.05, 0) is 93.0 Å². The average Bonchev–Trinajstić information content (AvgIpc) is 3.43. The molecule has 3 aromatic rings. The third-order valence-electron chi connectivity index (χ3n) is 8.37. The van der Waals surface area contributed by atoms with Gasteiger partial charge in [-0.3, -0.25) is 4.79 Å².